The van der Waals surface area contributed by atoms with Crippen LogP contribution < -0.4 is 0 Å². The Balaban J connectivity index is 1.38. The van der Waals surface area contributed by atoms with Gasteiger partial charge >= 0.3 is 129 Å². The summed E-state index contributed by atoms with van der Waals surface area (Å²) in [6.07, 6.45) is 8.23. The molecule has 11 heterocycles. The maximum absolute atomic E-state index is 3.15. The third kappa shape index (κ3) is 0.139. The fraction of sp³-hybridized carbons (Fsp3) is 0.714. The van der Waals surface area contributed by atoms with Crippen LogP contribution in [0.5, 0.6) is 0 Å². The zero-order valence-corrected chi connectivity index (χ0v) is 15.3. The molecule has 0 bridgehead atoms. The number of hydrogen-bond acceptors (Lipinski definition) is 0. The average molecular weight is 362 g/mol. The van der Waals surface area contributed by atoms with Crippen molar-refractivity contribution in [2.24, 2.45) is 0 Å². The first-order chi connectivity index (χ1) is 11.1. The molecule has 5 unspecified atom stereocenters. The summed E-state index contributed by atoms with van der Waals surface area (Å²) >= 11 is 0. The SMILES string of the molecule is c1ccc([C]23[CH]4[CH]5[CH]6[C]2(P2CCCCC2)[Fe]54632789[CH]3[CH]2[CH]7[CH]8[CH]39)cc1. The molecule has 0 aromatic heterocycles. The van der Waals surface area contributed by atoms with Gasteiger partial charge in [0.05, 0.1) is 0 Å². The van der Waals surface area contributed by atoms with Crippen molar-refractivity contribution in [2.75, 3.05) is 12.3 Å². The molecule has 0 aliphatic carbocycles. The van der Waals surface area contributed by atoms with Gasteiger partial charge in [0.15, 0.2) is 0 Å². The van der Waals surface area contributed by atoms with E-state index in [0.717, 1.165) is 8.37 Å². The van der Waals surface area contributed by atoms with Gasteiger partial charge in [-0.25, -0.2) is 0 Å². The normalized spacial score (nSPS) is 99.1. The summed E-state index contributed by atoms with van der Waals surface area (Å²) in [4.78, 5) is 11.8. The van der Waals surface area contributed by atoms with Crippen molar-refractivity contribution >= 4 is 7.92 Å². The van der Waals surface area contributed by atoms with Crippen molar-refractivity contribution in [1.29, 1.82) is 0 Å². The van der Waals surface area contributed by atoms with E-state index in [1.807, 2.05) is 5.56 Å². The number of hydrogen-bond donors (Lipinski definition) is 0. The second kappa shape index (κ2) is 1.05. The van der Waals surface area contributed by atoms with E-state index in [4.69, 9.17) is 0 Å². The zero-order chi connectivity index (χ0) is 14.2. The van der Waals surface area contributed by atoms with Gasteiger partial charge in [0.1, 0.15) is 0 Å². The molecule has 12 rings (SSSR count). The molecule has 0 radical (unpaired) electrons. The van der Waals surface area contributed by atoms with Gasteiger partial charge in [-0.3, -0.25) is 0 Å². The molecule has 23 heavy (non-hydrogen) atoms. The molecule has 0 N–H and O–H groups in total. The van der Waals surface area contributed by atoms with E-state index < -0.39 is 6.51 Å². The van der Waals surface area contributed by atoms with E-state index in [-0.39, 0.29) is 0 Å². The van der Waals surface area contributed by atoms with Gasteiger partial charge in [0.2, 0.25) is 0 Å². The van der Waals surface area contributed by atoms with Crippen LogP contribution in [0.2, 0.25) is 38.5 Å². The predicted molar refractivity (Wildman–Crippen MR) is 91.4 cm³/mol. The summed E-state index contributed by atoms with van der Waals surface area (Å²) in [7, 11) is 0.439. The Morgan fingerprint density at radius 3 is 2.00 bits per heavy atom. The molecular weight excluding hydrogens is 339 g/mol. The molecule has 11 fully saturated rings. The summed E-state index contributed by atoms with van der Waals surface area (Å²) in [5.41, 5.74) is 1.95. The van der Waals surface area contributed by atoms with Gasteiger partial charge in [0, 0.05) is 0 Å². The number of benzene rings is 1. The van der Waals surface area contributed by atoms with E-state index in [9.17, 15) is 0 Å². The molecule has 11 aliphatic heterocycles. The zero-order valence-electron chi connectivity index (χ0n) is 13.3. The van der Waals surface area contributed by atoms with Crippen LogP contribution in [0.4, 0.5) is 0 Å². The summed E-state index contributed by atoms with van der Waals surface area (Å²) < 4.78 is 2.10. The van der Waals surface area contributed by atoms with Gasteiger partial charge < -0.3 is 0 Å². The molecule has 11 saturated heterocycles. The standard InChI is InChI=1S/C16H18P.C5H5.Fe/c1-3-8-14(9-4-1)15-10-7-11-16(15)17-12-5-2-6-13-17;1-2-4-5-3-1;/h1,3-4,7-11H,2,5-6,12-13H2;1-5H;. The van der Waals surface area contributed by atoms with Gasteiger partial charge in [-0.15, -0.1) is 0 Å². The van der Waals surface area contributed by atoms with Crippen molar-refractivity contribution in [3.63, 3.8) is 0 Å². The summed E-state index contributed by atoms with van der Waals surface area (Å²) in [6.45, 7) is -3.15. The molecule has 5 atom stereocenters. The third-order valence-electron chi connectivity index (χ3n) is 17.8. The van der Waals surface area contributed by atoms with E-state index in [0.29, 0.717) is 7.92 Å². The van der Waals surface area contributed by atoms with Crippen molar-refractivity contribution in [2.45, 2.75) is 66.2 Å². The van der Waals surface area contributed by atoms with Gasteiger partial charge in [-0.05, 0) is 0 Å². The third-order valence-corrected chi connectivity index (χ3v) is 68.2. The second-order valence-electron chi connectivity index (χ2n) is 13.1. The first kappa shape index (κ1) is 9.75. The number of rotatable bonds is 2. The van der Waals surface area contributed by atoms with Crippen LogP contribution in [0, 0.1) is 0 Å². The molecule has 2 heteroatoms. The fourth-order valence-electron chi connectivity index (χ4n) is 20.1. The van der Waals surface area contributed by atoms with Crippen molar-refractivity contribution in [1.82, 2.24) is 0 Å². The van der Waals surface area contributed by atoms with Crippen LogP contribution in [-0.2, 0) is 10.8 Å². The van der Waals surface area contributed by atoms with Crippen LogP contribution in [0.3, 0.4) is 0 Å². The molecule has 1 aromatic rings. The first-order valence-electron chi connectivity index (χ1n) is 10.2. The Morgan fingerprint density at radius 1 is 0.783 bits per heavy atom. The molecule has 120 valence electrons. The average Bonchev–Trinajstić information content (AvgIpc) is 3.56. The molecule has 1 aromatic carbocycles. The fourth-order valence-corrected chi connectivity index (χ4v) is 113. The van der Waals surface area contributed by atoms with Crippen LogP contribution in [0.1, 0.15) is 24.8 Å². The van der Waals surface area contributed by atoms with Crippen LogP contribution in [0.25, 0.3) is 0 Å². The minimum absolute atomic E-state index is 0.439. The predicted octanol–water partition coefficient (Wildman–Crippen LogP) is 6.06. The Morgan fingerprint density at radius 2 is 1.43 bits per heavy atom. The van der Waals surface area contributed by atoms with Crippen molar-refractivity contribution < 1.29 is 6.51 Å². The van der Waals surface area contributed by atoms with Gasteiger partial charge in [-0.1, -0.05) is 0 Å². The molecule has 1 spiro atoms. The quantitative estimate of drug-likeness (QED) is 0.443. The van der Waals surface area contributed by atoms with E-state index >= 15 is 0 Å². The van der Waals surface area contributed by atoms with E-state index in [2.05, 4.69) is 30.3 Å². The maximum atomic E-state index is 2.64. The topological polar surface area (TPSA) is 0 Å². The Bertz CT molecular complexity index is 1270. The Hall–Kier alpha value is 0.169. The number of fused-ring (bicyclic) bond motifs is 10. The van der Waals surface area contributed by atoms with Gasteiger partial charge in [-0.2, -0.15) is 0 Å². The molecule has 0 nitrogen and oxygen atoms in total. The second-order valence-corrected chi connectivity index (χ2v) is 39.4. The molecule has 11 aliphatic rings. The summed E-state index contributed by atoms with van der Waals surface area (Å²) in [6, 6.07) is 12.4. The monoisotopic (exact) mass is 362 g/mol. The van der Waals surface area contributed by atoms with E-state index in [1.165, 1.54) is 38.5 Å². The summed E-state index contributed by atoms with van der Waals surface area (Å²) in [5.74, 6) is 0. The summed E-state index contributed by atoms with van der Waals surface area (Å²) in [5, 5.41) is 0. The Labute approximate surface area is 128 Å². The van der Waals surface area contributed by atoms with Gasteiger partial charge in [0.25, 0.3) is 0 Å². The molecule has 0 amide bonds. The van der Waals surface area contributed by atoms with Crippen LogP contribution in [0.15, 0.2) is 30.3 Å². The minimum atomic E-state index is -3.15. The first-order valence-corrected chi connectivity index (χ1v) is 18.1. The van der Waals surface area contributed by atoms with E-state index in [1.54, 1.807) is 31.6 Å². The van der Waals surface area contributed by atoms with Crippen LogP contribution in [-0.4, -0.2) is 16.4 Å². The van der Waals surface area contributed by atoms with Crippen molar-refractivity contribution in [3.8, 4) is 0 Å². The van der Waals surface area contributed by atoms with Crippen LogP contribution >= 0.6 is 7.92 Å². The molecular formula is C21H23FeP. The molecule has 0 saturated carbocycles. The van der Waals surface area contributed by atoms with Crippen molar-refractivity contribution in [3.05, 3.63) is 35.9 Å². The Kier molecular flexibility index (Phi) is 0.446.